The van der Waals surface area contributed by atoms with Gasteiger partial charge in [0, 0.05) is 33.2 Å². The molecule has 1 rings (SSSR count). The van der Waals surface area contributed by atoms with E-state index in [2.05, 4.69) is 4.90 Å². The van der Waals surface area contributed by atoms with E-state index in [-0.39, 0.29) is 0 Å². The molecular weight excluding hydrogens is 206 g/mol. The lowest BCUT2D eigenvalue weighted by atomic mass is 10.4. The third-order valence-electron chi connectivity index (χ3n) is 2.42. The maximum atomic E-state index is 12.0. The Hall–Kier alpha value is -0.750. The van der Waals surface area contributed by atoms with Crippen LogP contribution in [0.1, 0.15) is 0 Å². The van der Waals surface area contributed by atoms with Gasteiger partial charge in [-0.1, -0.05) is 0 Å². The van der Waals surface area contributed by atoms with Crippen molar-refractivity contribution < 1.29 is 18.3 Å². The van der Waals surface area contributed by atoms with Gasteiger partial charge in [-0.3, -0.25) is 9.69 Å². The molecule has 0 bridgehead atoms. The summed E-state index contributed by atoms with van der Waals surface area (Å²) in [4.78, 5) is 14.0. The Morgan fingerprint density at radius 3 is 2.60 bits per heavy atom. The molecule has 1 aliphatic heterocycles. The van der Waals surface area contributed by atoms with Crippen LogP contribution in [0.2, 0.25) is 0 Å². The Kier molecular flexibility index (Phi) is 4.90. The van der Waals surface area contributed by atoms with Gasteiger partial charge in [-0.25, -0.2) is 0 Å². The molecule has 0 atom stereocenters. The van der Waals surface area contributed by atoms with E-state index in [0.717, 1.165) is 18.0 Å². The summed E-state index contributed by atoms with van der Waals surface area (Å²) >= 11 is 0. The van der Waals surface area contributed by atoms with Crippen LogP contribution in [0.25, 0.3) is 0 Å². The number of hydrogen-bond donors (Lipinski definition) is 0. The van der Waals surface area contributed by atoms with Crippen LogP contribution >= 0.6 is 0 Å². The van der Waals surface area contributed by atoms with Crippen molar-refractivity contribution in [1.29, 1.82) is 0 Å². The first-order chi connectivity index (χ1) is 7.11. The molecule has 4 nitrogen and oxygen atoms in total. The highest BCUT2D eigenvalue weighted by molar-refractivity contribution is 5.78. The third-order valence-corrected chi connectivity index (χ3v) is 2.42. The molecule has 0 saturated carbocycles. The topological polar surface area (TPSA) is 32.8 Å². The van der Waals surface area contributed by atoms with Crippen LogP contribution in [0, 0.1) is 0 Å². The van der Waals surface area contributed by atoms with Crippen LogP contribution in [0.3, 0.4) is 0 Å². The van der Waals surface area contributed by atoms with Crippen molar-refractivity contribution in [2.24, 2.45) is 0 Å². The Labute approximate surface area is 87.8 Å². The summed E-state index contributed by atoms with van der Waals surface area (Å²) in [5.74, 6) is -1.11. The van der Waals surface area contributed by atoms with Gasteiger partial charge >= 0.3 is 6.43 Å². The summed E-state index contributed by atoms with van der Waals surface area (Å²) in [5.41, 5.74) is 0. The fourth-order valence-electron chi connectivity index (χ4n) is 1.39. The second kappa shape index (κ2) is 5.97. The molecule has 1 aliphatic rings. The van der Waals surface area contributed by atoms with Gasteiger partial charge in [0.2, 0.25) is 0 Å². The largest absolute Gasteiger partial charge is 0.379 e. The van der Waals surface area contributed by atoms with Gasteiger partial charge in [0.1, 0.15) is 0 Å². The minimum atomic E-state index is -2.90. The van der Waals surface area contributed by atoms with E-state index >= 15 is 0 Å². The van der Waals surface area contributed by atoms with Crippen LogP contribution in [-0.4, -0.2) is 68.6 Å². The lowest BCUT2D eigenvalue weighted by Crippen LogP contribution is -2.43. The Morgan fingerprint density at radius 1 is 1.47 bits per heavy atom. The maximum Gasteiger partial charge on any atom is 0.315 e. The number of ether oxygens (including phenoxy) is 1. The summed E-state index contributed by atoms with van der Waals surface area (Å²) in [7, 11) is 1.40. The van der Waals surface area contributed by atoms with Crippen LogP contribution in [0.4, 0.5) is 8.78 Å². The zero-order chi connectivity index (χ0) is 11.3. The molecule has 1 saturated heterocycles. The zero-order valence-electron chi connectivity index (χ0n) is 8.79. The van der Waals surface area contributed by atoms with Gasteiger partial charge in [-0.2, -0.15) is 8.78 Å². The fourth-order valence-corrected chi connectivity index (χ4v) is 1.39. The van der Waals surface area contributed by atoms with Gasteiger partial charge in [-0.05, 0) is 0 Å². The van der Waals surface area contributed by atoms with E-state index in [1.165, 1.54) is 7.05 Å². The fraction of sp³-hybridized carbons (Fsp3) is 0.889. The van der Waals surface area contributed by atoms with Crippen molar-refractivity contribution in [2.45, 2.75) is 6.43 Å². The van der Waals surface area contributed by atoms with E-state index < -0.39 is 12.3 Å². The lowest BCUT2D eigenvalue weighted by Gasteiger charge is -2.28. The predicted octanol–water partition coefficient (Wildman–Crippen LogP) is 0.0421. The highest BCUT2D eigenvalue weighted by Crippen LogP contribution is 2.00. The minimum absolute atomic E-state index is 0.336. The molecule has 6 heteroatoms. The van der Waals surface area contributed by atoms with Crippen LogP contribution in [-0.2, 0) is 9.53 Å². The van der Waals surface area contributed by atoms with Crippen LogP contribution in [0.15, 0.2) is 0 Å². The Bertz CT molecular complexity index is 208. The number of halogens is 2. The first kappa shape index (κ1) is 12.3. The van der Waals surface area contributed by atoms with Gasteiger partial charge in [0.05, 0.1) is 13.2 Å². The predicted molar refractivity (Wildman–Crippen MR) is 50.9 cm³/mol. The number of rotatable bonds is 4. The van der Waals surface area contributed by atoms with E-state index in [1.54, 1.807) is 0 Å². The number of carbonyl (C=O) groups excluding carboxylic acids is 1. The quantitative estimate of drug-likeness (QED) is 0.673. The van der Waals surface area contributed by atoms with E-state index in [9.17, 15) is 13.6 Å². The molecule has 0 N–H and O–H groups in total. The second-order valence-corrected chi connectivity index (χ2v) is 3.51. The molecule has 0 aliphatic carbocycles. The molecule has 0 spiro atoms. The molecule has 1 fully saturated rings. The van der Waals surface area contributed by atoms with Crippen molar-refractivity contribution in [2.75, 3.05) is 46.4 Å². The Morgan fingerprint density at radius 2 is 2.07 bits per heavy atom. The molecule has 88 valence electrons. The molecule has 0 aromatic heterocycles. The average molecular weight is 222 g/mol. The number of hydrogen-bond acceptors (Lipinski definition) is 3. The third kappa shape index (κ3) is 4.09. The SMILES string of the molecule is CN(CCN1CCOCC1)C(=O)C(F)F. The molecule has 0 aromatic rings. The summed E-state index contributed by atoms with van der Waals surface area (Å²) in [5, 5.41) is 0. The van der Waals surface area contributed by atoms with Gasteiger partial charge in [0.25, 0.3) is 5.91 Å². The lowest BCUT2D eigenvalue weighted by molar-refractivity contribution is -0.141. The number of likely N-dealkylation sites (N-methyl/N-ethyl adjacent to an activating group) is 1. The maximum absolute atomic E-state index is 12.0. The first-order valence-corrected chi connectivity index (χ1v) is 4.94. The first-order valence-electron chi connectivity index (χ1n) is 4.94. The van der Waals surface area contributed by atoms with Gasteiger partial charge in [-0.15, -0.1) is 0 Å². The number of carbonyl (C=O) groups is 1. The minimum Gasteiger partial charge on any atom is -0.379 e. The van der Waals surface area contributed by atoms with Gasteiger partial charge in [0.15, 0.2) is 0 Å². The number of alkyl halides is 2. The number of nitrogens with zero attached hydrogens (tertiary/aromatic N) is 2. The smallest absolute Gasteiger partial charge is 0.315 e. The molecular formula is C9H16F2N2O2. The Balaban J connectivity index is 2.20. The molecule has 15 heavy (non-hydrogen) atoms. The summed E-state index contributed by atoms with van der Waals surface area (Å²) in [6.45, 7) is 3.91. The highest BCUT2D eigenvalue weighted by Gasteiger charge is 2.20. The average Bonchev–Trinajstić information content (AvgIpc) is 2.26. The zero-order valence-corrected chi connectivity index (χ0v) is 8.79. The summed E-state index contributed by atoms with van der Waals surface area (Å²) in [6.07, 6.45) is -2.90. The van der Waals surface area contributed by atoms with Crippen molar-refractivity contribution in [3.05, 3.63) is 0 Å². The molecule has 1 heterocycles. The van der Waals surface area contributed by atoms with Crippen LogP contribution in [0.5, 0.6) is 0 Å². The monoisotopic (exact) mass is 222 g/mol. The van der Waals surface area contributed by atoms with Crippen LogP contribution < -0.4 is 0 Å². The van der Waals surface area contributed by atoms with E-state index in [4.69, 9.17) is 4.74 Å². The summed E-state index contributed by atoms with van der Waals surface area (Å²) < 4.78 is 29.2. The van der Waals surface area contributed by atoms with E-state index in [0.29, 0.717) is 26.3 Å². The molecule has 1 amide bonds. The van der Waals surface area contributed by atoms with Crippen molar-refractivity contribution in [1.82, 2.24) is 9.80 Å². The number of amides is 1. The van der Waals surface area contributed by atoms with Crippen molar-refractivity contribution in [3.8, 4) is 0 Å². The second-order valence-electron chi connectivity index (χ2n) is 3.51. The molecule has 0 radical (unpaired) electrons. The van der Waals surface area contributed by atoms with E-state index in [1.807, 2.05) is 0 Å². The highest BCUT2D eigenvalue weighted by atomic mass is 19.3. The normalized spacial score (nSPS) is 18.1. The number of morpholine rings is 1. The summed E-state index contributed by atoms with van der Waals surface area (Å²) in [6, 6.07) is 0. The standard InChI is InChI=1S/C9H16F2N2O2/c1-12(9(14)8(10)11)2-3-13-4-6-15-7-5-13/h8H,2-7H2,1H3. The molecule has 0 aromatic carbocycles. The van der Waals surface area contributed by atoms with Gasteiger partial charge < -0.3 is 9.64 Å². The molecule has 0 unspecified atom stereocenters. The van der Waals surface area contributed by atoms with Crippen molar-refractivity contribution >= 4 is 5.91 Å². The van der Waals surface area contributed by atoms with Crippen molar-refractivity contribution in [3.63, 3.8) is 0 Å².